The molecular formula is C11H23N3O4S. The number of nitrogens with one attached hydrogen (secondary N) is 1. The van der Waals surface area contributed by atoms with Crippen molar-refractivity contribution in [2.45, 2.75) is 25.7 Å². The van der Waals surface area contributed by atoms with E-state index in [0.29, 0.717) is 6.54 Å². The van der Waals surface area contributed by atoms with Gasteiger partial charge >= 0.3 is 5.97 Å². The molecule has 2 N–H and O–H groups in total. The van der Waals surface area contributed by atoms with Gasteiger partial charge < -0.3 is 10.0 Å². The number of aliphatic carboxylic acids is 1. The van der Waals surface area contributed by atoms with Gasteiger partial charge in [-0.05, 0) is 38.9 Å². The van der Waals surface area contributed by atoms with Gasteiger partial charge in [-0.15, -0.1) is 0 Å². The molecule has 0 saturated carbocycles. The zero-order valence-electron chi connectivity index (χ0n) is 11.3. The predicted octanol–water partition coefficient (Wildman–Crippen LogP) is -0.287. The Hall–Kier alpha value is -0.700. The largest absolute Gasteiger partial charge is 0.481 e. The Morgan fingerprint density at radius 1 is 1.37 bits per heavy atom. The first kappa shape index (κ1) is 16.4. The van der Waals surface area contributed by atoms with Crippen LogP contribution in [0.5, 0.6) is 0 Å². The third kappa shape index (κ3) is 6.33. The van der Waals surface area contributed by atoms with Gasteiger partial charge in [-0.3, -0.25) is 4.79 Å². The second kappa shape index (κ2) is 7.78. The summed E-state index contributed by atoms with van der Waals surface area (Å²) in [4.78, 5) is 12.7. The minimum atomic E-state index is -3.55. The Bertz CT molecular complexity index is 379. The number of hydrogen-bond acceptors (Lipinski definition) is 4. The van der Waals surface area contributed by atoms with Gasteiger partial charge in [-0.1, -0.05) is 0 Å². The van der Waals surface area contributed by atoms with Crippen LogP contribution in [0.15, 0.2) is 0 Å². The summed E-state index contributed by atoms with van der Waals surface area (Å²) in [6, 6.07) is 0. The summed E-state index contributed by atoms with van der Waals surface area (Å²) >= 11 is 0. The number of nitrogens with zero attached hydrogens (tertiary/aromatic N) is 2. The molecule has 0 atom stereocenters. The van der Waals surface area contributed by atoms with Crippen molar-refractivity contribution in [1.29, 1.82) is 0 Å². The molecule has 112 valence electrons. The predicted molar refractivity (Wildman–Crippen MR) is 72.1 cm³/mol. The van der Waals surface area contributed by atoms with Crippen LogP contribution < -0.4 is 4.72 Å². The van der Waals surface area contributed by atoms with Crippen molar-refractivity contribution in [1.82, 2.24) is 13.9 Å². The topological polar surface area (TPSA) is 90.0 Å². The standard InChI is InChI=1S/C11H23N3O4S/c1-13(10-5-11(15)16)19(17,18)12-6-4-9-14-7-2-3-8-14/h12H,2-10H2,1H3,(H,15,16). The fourth-order valence-electron chi connectivity index (χ4n) is 1.99. The highest BCUT2D eigenvalue weighted by Crippen LogP contribution is 2.07. The van der Waals surface area contributed by atoms with Crippen LogP contribution in [0.25, 0.3) is 0 Å². The lowest BCUT2D eigenvalue weighted by atomic mass is 10.4. The second-order valence-electron chi connectivity index (χ2n) is 4.77. The van der Waals surface area contributed by atoms with Gasteiger partial charge in [0, 0.05) is 20.1 Å². The van der Waals surface area contributed by atoms with E-state index in [2.05, 4.69) is 9.62 Å². The fourth-order valence-corrected chi connectivity index (χ4v) is 2.95. The summed E-state index contributed by atoms with van der Waals surface area (Å²) < 4.78 is 27.0. The Labute approximate surface area is 114 Å². The molecule has 7 nitrogen and oxygen atoms in total. The lowest BCUT2D eigenvalue weighted by Gasteiger charge is -2.18. The molecule has 0 aliphatic carbocycles. The molecule has 19 heavy (non-hydrogen) atoms. The van der Waals surface area contributed by atoms with E-state index in [9.17, 15) is 13.2 Å². The van der Waals surface area contributed by atoms with Gasteiger partial charge in [0.2, 0.25) is 0 Å². The smallest absolute Gasteiger partial charge is 0.304 e. The third-order valence-electron chi connectivity index (χ3n) is 3.19. The van der Waals surface area contributed by atoms with Gasteiger partial charge in [-0.25, -0.2) is 4.72 Å². The van der Waals surface area contributed by atoms with Gasteiger partial charge in [0.15, 0.2) is 0 Å². The first-order valence-corrected chi connectivity index (χ1v) is 8.01. The lowest BCUT2D eigenvalue weighted by Crippen LogP contribution is -2.40. The molecular weight excluding hydrogens is 270 g/mol. The van der Waals surface area contributed by atoms with Crippen LogP contribution in [-0.2, 0) is 15.0 Å². The van der Waals surface area contributed by atoms with E-state index in [1.165, 1.54) is 19.9 Å². The molecule has 0 radical (unpaired) electrons. The number of carboxylic acid groups (broad SMARTS) is 1. The summed E-state index contributed by atoms with van der Waals surface area (Å²) in [5.74, 6) is -1.00. The Morgan fingerprint density at radius 3 is 2.58 bits per heavy atom. The van der Waals surface area contributed by atoms with Crippen LogP contribution in [0.3, 0.4) is 0 Å². The van der Waals surface area contributed by atoms with Gasteiger partial charge in [0.1, 0.15) is 0 Å². The van der Waals surface area contributed by atoms with Crippen LogP contribution in [0.1, 0.15) is 25.7 Å². The summed E-state index contributed by atoms with van der Waals surface area (Å²) in [6.07, 6.45) is 3.03. The first-order chi connectivity index (χ1) is 8.92. The summed E-state index contributed by atoms with van der Waals surface area (Å²) in [7, 11) is -2.17. The Morgan fingerprint density at radius 2 is 2.00 bits per heavy atom. The van der Waals surface area contributed by atoms with E-state index in [1.54, 1.807) is 0 Å². The monoisotopic (exact) mass is 293 g/mol. The van der Waals surface area contributed by atoms with Crippen molar-refractivity contribution >= 4 is 16.2 Å². The highest BCUT2D eigenvalue weighted by atomic mass is 32.2. The molecule has 0 aromatic carbocycles. The molecule has 8 heteroatoms. The molecule has 1 rings (SSSR count). The first-order valence-electron chi connectivity index (χ1n) is 6.57. The Balaban J connectivity index is 2.19. The number of carbonyl (C=O) groups is 1. The zero-order valence-corrected chi connectivity index (χ0v) is 12.2. The van der Waals surface area contributed by atoms with Crippen molar-refractivity contribution in [3.8, 4) is 0 Å². The van der Waals surface area contributed by atoms with Crippen LogP contribution in [0.2, 0.25) is 0 Å². The zero-order chi connectivity index (χ0) is 14.3. The SMILES string of the molecule is CN(CCC(=O)O)S(=O)(=O)NCCCN1CCCC1. The van der Waals surface area contributed by atoms with E-state index >= 15 is 0 Å². The summed E-state index contributed by atoms with van der Waals surface area (Å²) in [5, 5.41) is 8.52. The van der Waals surface area contributed by atoms with E-state index in [4.69, 9.17) is 5.11 Å². The molecule has 1 saturated heterocycles. The minimum Gasteiger partial charge on any atom is -0.481 e. The van der Waals surface area contributed by atoms with Crippen LogP contribution in [0, 0.1) is 0 Å². The molecule has 0 bridgehead atoms. The Kier molecular flexibility index (Phi) is 6.70. The number of rotatable bonds is 9. The van der Waals surface area contributed by atoms with Crippen molar-refractivity contribution in [3.63, 3.8) is 0 Å². The maximum atomic E-state index is 11.7. The lowest BCUT2D eigenvalue weighted by molar-refractivity contribution is -0.137. The molecule has 0 amide bonds. The van der Waals surface area contributed by atoms with E-state index in [0.717, 1.165) is 30.4 Å². The van der Waals surface area contributed by atoms with Crippen LogP contribution in [-0.4, -0.2) is 68.5 Å². The molecule has 1 heterocycles. The summed E-state index contributed by atoms with van der Waals surface area (Å²) in [6.45, 7) is 3.48. The van der Waals surface area contributed by atoms with Crippen molar-refractivity contribution in [2.24, 2.45) is 0 Å². The molecule has 1 aliphatic rings. The number of carboxylic acids is 1. The molecule has 1 fully saturated rings. The highest BCUT2D eigenvalue weighted by molar-refractivity contribution is 7.87. The van der Waals surface area contributed by atoms with Crippen molar-refractivity contribution < 1.29 is 18.3 Å². The summed E-state index contributed by atoms with van der Waals surface area (Å²) in [5.41, 5.74) is 0. The van der Waals surface area contributed by atoms with Gasteiger partial charge in [-0.2, -0.15) is 12.7 Å². The van der Waals surface area contributed by atoms with E-state index < -0.39 is 16.2 Å². The normalized spacial score (nSPS) is 17.2. The number of hydrogen-bond donors (Lipinski definition) is 2. The second-order valence-corrected chi connectivity index (χ2v) is 6.63. The average Bonchev–Trinajstić information content (AvgIpc) is 2.84. The van der Waals surface area contributed by atoms with Gasteiger partial charge in [0.05, 0.1) is 6.42 Å². The van der Waals surface area contributed by atoms with Gasteiger partial charge in [0.25, 0.3) is 10.2 Å². The quantitative estimate of drug-likeness (QED) is 0.570. The molecule has 0 aromatic heterocycles. The molecule has 1 aliphatic heterocycles. The average molecular weight is 293 g/mol. The third-order valence-corrected chi connectivity index (χ3v) is 4.76. The van der Waals surface area contributed by atoms with Crippen LogP contribution in [0.4, 0.5) is 0 Å². The van der Waals surface area contributed by atoms with E-state index in [-0.39, 0.29) is 13.0 Å². The molecule has 0 aromatic rings. The fraction of sp³-hybridized carbons (Fsp3) is 0.909. The maximum absolute atomic E-state index is 11.7. The number of likely N-dealkylation sites (tertiary alicyclic amines) is 1. The van der Waals surface area contributed by atoms with Crippen molar-refractivity contribution in [3.05, 3.63) is 0 Å². The highest BCUT2D eigenvalue weighted by Gasteiger charge is 2.18. The van der Waals surface area contributed by atoms with E-state index in [1.807, 2.05) is 0 Å². The molecule has 0 spiro atoms. The molecule has 0 unspecified atom stereocenters. The van der Waals surface area contributed by atoms with Crippen LogP contribution >= 0.6 is 0 Å². The minimum absolute atomic E-state index is 0.0171. The maximum Gasteiger partial charge on any atom is 0.304 e. The van der Waals surface area contributed by atoms with Crippen molar-refractivity contribution in [2.75, 3.05) is 39.8 Å².